The Balaban J connectivity index is 1.24. The molecule has 3 aromatic rings. The minimum absolute atomic E-state index is 0.0562. The molecule has 178 valence electrons. The van der Waals surface area contributed by atoms with E-state index in [-0.39, 0.29) is 17.8 Å². The largest absolute Gasteiger partial charge is 0.383 e. The van der Waals surface area contributed by atoms with Crippen molar-refractivity contribution in [1.29, 1.82) is 0 Å². The van der Waals surface area contributed by atoms with Crippen molar-refractivity contribution in [2.75, 3.05) is 31.9 Å². The van der Waals surface area contributed by atoms with Gasteiger partial charge in [0.1, 0.15) is 5.82 Å². The Morgan fingerprint density at radius 2 is 2.00 bits per heavy atom. The lowest BCUT2D eigenvalue weighted by Gasteiger charge is -2.22. The number of hydrogen-bond donors (Lipinski definition) is 3. The molecule has 4 N–H and O–H groups in total. The summed E-state index contributed by atoms with van der Waals surface area (Å²) in [6, 6.07) is 10.2. The van der Waals surface area contributed by atoms with E-state index in [0.717, 1.165) is 73.7 Å². The lowest BCUT2D eigenvalue weighted by molar-refractivity contribution is 0.0938. The first-order chi connectivity index (χ1) is 16.6. The first-order valence-electron chi connectivity index (χ1n) is 11.8. The number of nitrogens with zero attached hydrogens (tertiary/aromatic N) is 4. The molecule has 1 aromatic carbocycles. The number of carbonyl (C=O) groups is 1. The number of pyridine rings is 1. The molecule has 0 unspecified atom stereocenters. The number of hydrogen-bond acceptors (Lipinski definition) is 6. The molecule has 0 saturated carbocycles. The summed E-state index contributed by atoms with van der Waals surface area (Å²) in [5.41, 5.74) is 9.36. The molecule has 2 aromatic heterocycles. The van der Waals surface area contributed by atoms with Gasteiger partial charge in [0.05, 0.1) is 17.8 Å². The number of anilines is 1. The van der Waals surface area contributed by atoms with E-state index in [4.69, 9.17) is 17.3 Å². The predicted molar refractivity (Wildman–Crippen MR) is 134 cm³/mol. The molecule has 0 radical (unpaired) electrons. The lowest BCUT2D eigenvalue weighted by Crippen LogP contribution is -2.37. The highest BCUT2D eigenvalue weighted by Crippen LogP contribution is 2.26. The van der Waals surface area contributed by atoms with Gasteiger partial charge >= 0.3 is 0 Å². The van der Waals surface area contributed by atoms with Gasteiger partial charge in [-0.05, 0) is 50.0 Å². The third kappa shape index (κ3) is 5.09. The van der Waals surface area contributed by atoms with Crippen molar-refractivity contribution in [3.05, 3.63) is 65.1 Å². The van der Waals surface area contributed by atoms with E-state index in [1.54, 1.807) is 6.20 Å². The summed E-state index contributed by atoms with van der Waals surface area (Å²) in [5.74, 6) is 0.0418. The second-order valence-corrected chi connectivity index (χ2v) is 9.54. The minimum atomic E-state index is -0.192. The maximum Gasteiger partial charge on any atom is 0.255 e. The lowest BCUT2D eigenvalue weighted by atomic mass is 10.1. The van der Waals surface area contributed by atoms with Crippen LogP contribution in [0.25, 0.3) is 11.1 Å². The van der Waals surface area contributed by atoms with E-state index in [9.17, 15) is 4.79 Å². The fourth-order valence-electron chi connectivity index (χ4n) is 4.80. The Morgan fingerprint density at radius 3 is 2.82 bits per heavy atom. The van der Waals surface area contributed by atoms with Gasteiger partial charge in [0.25, 0.3) is 5.91 Å². The van der Waals surface area contributed by atoms with Gasteiger partial charge in [-0.2, -0.15) is 5.10 Å². The number of amides is 1. The number of piperidine rings is 1. The highest BCUT2D eigenvalue weighted by atomic mass is 35.5. The molecule has 2 fully saturated rings. The first kappa shape index (κ1) is 22.8. The molecular weight excluding hydrogens is 450 g/mol. The molecule has 1 amide bonds. The zero-order valence-corrected chi connectivity index (χ0v) is 19.8. The number of benzene rings is 1. The van der Waals surface area contributed by atoms with Crippen molar-refractivity contribution < 1.29 is 4.79 Å². The van der Waals surface area contributed by atoms with Crippen LogP contribution in [0.5, 0.6) is 0 Å². The summed E-state index contributed by atoms with van der Waals surface area (Å²) in [7, 11) is 0. The zero-order chi connectivity index (χ0) is 23.5. The molecular formula is C25H30ClN7O. The van der Waals surface area contributed by atoms with E-state index in [2.05, 4.69) is 25.6 Å². The second-order valence-electron chi connectivity index (χ2n) is 9.13. The quantitative estimate of drug-likeness (QED) is 0.502. The van der Waals surface area contributed by atoms with Crippen LogP contribution < -0.4 is 16.4 Å². The molecule has 5 rings (SSSR count). The van der Waals surface area contributed by atoms with Crippen molar-refractivity contribution >= 4 is 23.3 Å². The number of aromatic nitrogens is 3. The third-order valence-electron chi connectivity index (χ3n) is 6.74. The summed E-state index contributed by atoms with van der Waals surface area (Å²) in [4.78, 5) is 19.7. The van der Waals surface area contributed by atoms with E-state index in [1.165, 1.54) is 0 Å². The van der Waals surface area contributed by atoms with Gasteiger partial charge in [-0.1, -0.05) is 29.8 Å². The topological polar surface area (TPSA) is 101 Å². The van der Waals surface area contributed by atoms with Crippen molar-refractivity contribution in [3.63, 3.8) is 0 Å². The Morgan fingerprint density at radius 1 is 1.18 bits per heavy atom. The maximum absolute atomic E-state index is 13.1. The van der Waals surface area contributed by atoms with Crippen LogP contribution >= 0.6 is 11.6 Å². The van der Waals surface area contributed by atoms with Gasteiger partial charge in [-0.25, -0.2) is 4.98 Å². The van der Waals surface area contributed by atoms with Crippen LogP contribution in [0.1, 0.15) is 41.2 Å². The molecule has 4 heterocycles. The number of halogens is 1. The summed E-state index contributed by atoms with van der Waals surface area (Å²) in [6.45, 7) is 4.45. The van der Waals surface area contributed by atoms with E-state index in [1.807, 2.05) is 47.4 Å². The summed E-state index contributed by atoms with van der Waals surface area (Å²) < 4.78 is 2.03. The molecule has 8 nitrogen and oxygen atoms in total. The van der Waals surface area contributed by atoms with E-state index in [0.29, 0.717) is 11.6 Å². The Bertz CT molecular complexity index is 1160. The highest BCUT2D eigenvalue weighted by Gasteiger charge is 2.26. The van der Waals surface area contributed by atoms with Gasteiger partial charge < -0.3 is 16.4 Å². The average molecular weight is 480 g/mol. The van der Waals surface area contributed by atoms with Gasteiger partial charge in [-0.3, -0.25) is 14.4 Å². The average Bonchev–Trinajstić information content (AvgIpc) is 3.51. The second kappa shape index (κ2) is 10.1. The Kier molecular flexibility index (Phi) is 6.80. The van der Waals surface area contributed by atoms with Crippen molar-refractivity contribution in [1.82, 2.24) is 30.3 Å². The number of nitrogens with two attached hydrogens (primary N) is 1. The van der Waals surface area contributed by atoms with Crippen LogP contribution in [0.2, 0.25) is 5.02 Å². The zero-order valence-electron chi connectivity index (χ0n) is 19.1. The number of likely N-dealkylation sites (tertiary alicyclic amines) is 1. The molecule has 34 heavy (non-hydrogen) atoms. The molecule has 0 bridgehead atoms. The summed E-state index contributed by atoms with van der Waals surface area (Å²) >= 11 is 6.31. The number of carbonyl (C=O) groups excluding carboxylic acids is 1. The molecule has 0 spiro atoms. The molecule has 1 atom stereocenters. The van der Waals surface area contributed by atoms with Crippen molar-refractivity contribution in [2.24, 2.45) is 0 Å². The van der Waals surface area contributed by atoms with Crippen LogP contribution in [0.15, 0.2) is 48.9 Å². The standard InChI is InChI=1S/C25H30ClN7O/c26-23-4-2-1-3-17(23)14-32-10-7-20(16-32)31-25(34)22-11-18(12-29-24(22)27)19-13-30-33(15-19)21-5-8-28-9-6-21/h1-4,11-13,15,20-21,28H,5-10,14,16H2,(H2,27,29)(H,31,34)/t20-/m1/s1. The van der Waals surface area contributed by atoms with Crippen LogP contribution in [0, 0.1) is 0 Å². The van der Waals surface area contributed by atoms with Crippen LogP contribution in [0.3, 0.4) is 0 Å². The monoisotopic (exact) mass is 479 g/mol. The SMILES string of the molecule is Nc1ncc(-c2cnn(C3CCNCC3)c2)cc1C(=O)N[C@@H]1CCN(Cc2ccccc2Cl)C1. The van der Waals surface area contributed by atoms with E-state index < -0.39 is 0 Å². The fourth-order valence-corrected chi connectivity index (χ4v) is 4.99. The van der Waals surface area contributed by atoms with Crippen molar-refractivity contribution in [3.8, 4) is 11.1 Å². The van der Waals surface area contributed by atoms with E-state index >= 15 is 0 Å². The predicted octanol–water partition coefficient (Wildman–Crippen LogP) is 3.11. The minimum Gasteiger partial charge on any atom is -0.383 e. The van der Waals surface area contributed by atoms with Crippen LogP contribution in [0.4, 0.5) is 5.82 Å². The molecule has 2 saturated heterocycles. The third-order valence-corrected chi connectivity index (χ3v) is 7.11. The smallest absolute Gasteiger partial charge is 0.255 e. The van der Waals surface area contributed by atoms with Gasteiger partial charge in [0, 0.05) is 54.2 Å². The first-order valence-corrected chi connectivity index (χ1v) is 12.2. The number of rotatable bonds is 6. The molecule has 2 aliphatic heterocycles. The number of nitrogens with one attached hydrogen (secondary N) is 2. The van der Waals surface area contributed by atoms with Crippen molar-refractivity contribution in [2.45, 2.75) is 37.9 Å². The normalized spacial score (nSPS) is 19.4. The van der Waals surface area contributed by atoms with Crippen LogP contribution in [-0.4, -0.2) is 57.8 Å². The summed E-state index contributed by atoms with van der Waals surface area (Å²) in [5, 5.41) is 11.8. The summed E-state index contributed by atoms with van der Waals surface area (Å²) in [6.07, 6.45) is 8.57. The number of nitrogen functional groups attached to an aromatic ring is 1. The van der Waals surface area contributed by atoms with Gasteiger partial charge in [-0.15, -0.1) is 0 Å². The maximum atomic E-state index is 13.1. The fraction of sp³-hybridized carbons (Fsp3) is 0.400. The Hall–Kier alpha value is -2.94. The highest BCUT2D eigenvalue weighted by molar-refractivity contribution is 6.31. The Labute approximate surface area is 204 Å². The molecule has 9 heteroatoms. The molecule has 2 aliphatic rings. The van der Waals surface area contributed by atoms with Gasteiger partial charge in [0.2, 0.25) is 0 Å². The van der Waals surface area contributed by atoms with Crippen LogP contribution in [-0.2, 0) is 6.54 Å². The molecule has 0 aliphatic carbocycles. The van der Waals surface area contributed by atoms with Gasteiger partial charge in [0.15, 0.2) is 0 Å².